The number of hydrogen-bond acceptors (Lipinski definition) is 4. The molecule has 0 saturated carbocycles. The monoisotopic (exact) mass is 911 g/mol. The summed E-state index contributed by atoms with van der Waals surface area (Å²) in [6.45, 7) is 36.3. The zero-order valence-corrected chi connectivity index (χ0v) is 44.0. The lowest BCUT2D eigenvalue weighted by molar-refractivity contribution is 0.482. The van der Waals surface area contributed by atoms with Gasteiger partial charge in [0.15, 0.2) is 0 Å². The van der Waals surface area contributed by atoms with Crippen molar-refractivity contribution in [3.63, 3.8) is 0 Å². The summed E-state index contributed by atoms with van der Waals surface area (Å²) in [6, 6.07) is 43.9. The van der Waals surface area contributed by atoms with E-state index < -0.39 is 5.41 Å². The van der Waals surface area contributed by atoms with Crippen LogP contribution in [0.2, 0.25) is 0 Å². The van der Waals surface area contributed by atoms with Crippen molar-refractivity contribution in [2.24, 2.45) is 0 Å². The molecule has 4 heterocycles. The molecule has 0 fully saturated rings. The molecule has 8 aromatic rings. The van der Waals surface area contributed by atoms with E-state index in [2.05, 4.69) is 234 Å². The molecule has 352 valence electrons. The first-order valence-corrected chi connectivity index (χ1v) is 25.1. The molecule has 0 radical (unpaired) electrons. The van der Waals surface area contributed by atoms with E-state index in [1.807, 2.05) is 12.3 Å². The van der Waals surface area contributed by atoms with Gasteiger partial charge in [0.05, 0.1) is 40.2 Å². The lowest BCUT2D eigenvalue weighted by Crippen LogP contribution is -2.40. The van der Waals surface area contributed by atoms with Gasteiger partial charge in [0, 0.05) is 36.1 Å². The summed E-state index contributed by atoms with van der Waals surface area (Å²) < 4.78 is 9.42. The number of hydrogen-bond donors (Lipinski definition) is 0. The molecular formula is C64H70N4O. The Balaban J connectivity index is 1.19. The van der Waals surface area contributed by atoms with Crippen molar-refractivity contribution in [3.05, 3.63) is 172 Å². The summed E-state index contributed by atoms with van der Waals surface area (Å²) in [6.07, 6.45) is 1.88. The maximum Gasteiger partial charge on any atom is 0.137 e. The highest BCUT2D eigenvalue weighted by atomic mass is 16.5. The van der Waals surface area contributed by atoms with E-state index in [0.717, 1.165) is 35.0 Å². The Hall–Kier alpha value is -6.33. The predicted molar refractivity (Wildman–Crippen MR) is 291 cm³/mol. The first-order valence-electron chi connectivity index (χ1n) is 25.1. The molecule has 0 saturated heterocycles. The minimum Gasteiger partial charge on any atom is -0.457 e. The highest BCUT2D eigenvalue weighted by Crippen LogP contribution is 2.68. The first kappa shape index (κ1) is 45.1. The van der Waals surface area contributed by atoms with Crippen molar-refractivity contribution in [1.82, 2.24) is 9.55 Å². The number of rotatable bonds is 3. The molecule has 0 atom stereocenters. The first-order chi connectivity index (χ1) is 32.3. The third-order valence-electron chi connectivity index (χ3n) is 15.5. The fraction of sp³-hybridized carbons (Fsp3) is 0.359. The summed E-state index contributed by atoms with van der Waals surface area (Å²) in [5, 5.41) is 2.37. The molecule has 3 aliphatic rings. The molecule has 0 unspecified atom stereocenters. The molecular weight excluding hydrogens is 841 g/mol. The third-order valence-corrected chi connectivity index (χ3v) is 15.5. The molecule has 1 aliphatic carbocycles. The molecule has 11 rings (SSSR count). The fourth-order valence-electron chi connectivity index (χ4n) is 11.9. The second-order valence-corrected chi connectivity index (χ2v) is 25.5. The van der Waals surface area contributed by atoms with Crippen molar-refractivity contribution in [1.29, 1.82) is 0 Å². The molecule has 69 heavy (non-hydrogen) atoms. The Bertz CT molecular complexity index is 3340. The number of anilines is 3. The van der Waals surface area contributed by atoms with Crippen LogP contribution in [-0.4, -0.2) is 23.3 Å². The molecule has 0 amide bonds. The second kappa shape index (κ2) is 14.6. The highest BCUT2D eigenvalue weighted by molar-refractivity contribution is 6.10. The zero-order valence-electron chi connectivity index (χ0n) is 44.0. The van der Waals surface area contributed by atoms with Crippen molar-refractivity contribution >= 4 is 38.9 Å². The number of benzene rings is 6. The van der Waals surface area contributed by atoms with E-state index in [-0.39, 0.29) is 27.1 Å². The maximum atomic E-state index is 7.12. The van der Waals surface area contributed by atoms with Gasteiger partial charge in [0.25, 0.3) is 0 Å². The van der Waals surface area contributed by atoms with Gasteiger partial charge in [-0.15, -0.1) is 0 Å². The van der Waals surface area contributed by atoms with Crippen LogP contribution in [-0.2, 0) is 32.5 Å². The number of pyridine rings is 1. The van der Waals surface area contributed by atoms with Gasteiger partial charge in [-0.3, -0.25) is 4.57 Å². The van der Waals surface area contributed by atoms with E-state index in [4.69, 9.17) is 9.72 Å². The number of fused-ring (bicyclic) bond motifs is 12. The maximum absolute atomic E-state index is 7.12. The van der Waals surface area contributed by atoms with Crippen molar-refractivity contribution in [2.75, 3.05) is 23.5 Å². The van der Waals surface area contributed by atoms with Gasteiger partial charge in [-0.05, 0) is 131 Å². The summed E-state index contributed by atoms with van der Waals surface area (Å²) in [5.74, 6) is 2.48. The van der Waals surface area contributed by atoms with Crippen LogP contribution in [0.1, 0.15) is 154 Å². The predicted octanol–water partition coefficient (Wildman–Crippen LogP) is 16.7. The minimum absolute atomic E-state index is 0.000328. The van der Waals surface area contributed by atoms with Crippen LogP contribution in [0.5, 0.6) is 11.5 Å². The fourth-order valence-corrected chi connectivity index (χ4v) is 11.9. The van der Waals surface area contributed by atoms with Crippen LogP contribution in [0.15, 0.2) is 121 Å². The second-order valence-electron chi connectivity index (χ2n) is 25.5. The van der Waals surface area contributed by atoms with Crippen LogP contribution >= 0.6 is 0 Å². The molecule has 2 aromatic heterocycles. The number of ether oxygens (including phenoxy) is 1. The van der Waals surface area contributed by atoms with Crippen LogP contribution in [0.3, 0.4) is 0 Å². The number of nitrogens with zero attached hydrogens (tertiary/aromatic N) is 4. The van der Waals surface area contributed by atoms with E-state index in [0.29, 0.717) is 0 Å². The summed E-state index contributed by atoms with van der Waals surface area (Å²) >= 11 is 0. The van der Waals surface area contributed by atoms with Crippen LogP contribution in [0, 0.1) is 0 Å². The number of para-hydroxylation sites is 1. The lowest BCUT2D eigenvalue weighted by atomic mass is 9.59. The molecule has 5 heteroatoms. The van der Waals surface area contributed by atoms with Gasteiger partial charge in [0.1, 0.15) is 17.3 Å². The van der Waals surface area contributed by atoms with Gasteiger partial charge in [-0.25, -0.2) is 4.98 Å². The van der Waals surface area contributed by atoms with Gasteiger partial charge < -0.3 is 14.5 Å². The van der Waals surface area contributed by atoms with Crippen molar-refractivity contribution < 1.29 is 4.74 Å². The SMILES string of the molecule is CN1CN2c3cc(Oc4ccc5c6ccc(C(C)(C)C)cc6n(-c6ccccn6)c5c4)ccc3C3(c4cccc1c42)c1c(cc(C(C)(C)C)cc1C(C)(C)C)-c1cc(C(C)(C)C)cc(C(C)(C)C)c13. The molecule has 0 bridgehead atoms. The Morgan fingerprint density at radius 2 is 1.06 bits per heavy atom. The highest BCUT2D eigenvalue weighted by Gasteiger charge is 2.57. The molecule has 6 aromatic carbocycles. The van der Waals surface area contributed by atoms with E-state index >= 15 is 0 Å². The molecule has 0 N–H and O–H groups in total. The van der Waals surface area contributed by atoms with Gasteiger partial charge in [-0.1, -0.05) is 165 Å². The van der Waals surface area contributed by atoms with Crippen LogP contribution < -0.4 is 14.5 Å². The van der Waals surface area contributed by atoms with Crippen molar-refractivity contribution in [3.8, 4) is 28.4 Å². The average molecular weight is 911 g/mol. The summed E-state index contributed by atoms with van der Waals surface area (Å²) in [5.41, 5.74) is 20.0. The quantitative estimate of drug-likeness (QED) is 0.177. The van der Waals surface area contributed by atoms with E-state index in [1.165, 1.54) is 89.0 Å². The van der Waals surface area contributed by atoms with Crippen molar-refractivity contribution in [2.45, 2.75) is 136 Å². The zero-order chi connectivity index (χ0) is 49.1. The Morgan fingerprint density at radius 1 is 0.493 bits per heavy atom. The Kier molecular flexibility index (Phi) is 9.55. The summed E-state index contributed by atoms with van der Waals surface area (Å²) in [7, 11) is 2.24. The smallest absolute Gasteiger partial charge is 0.137 e. The normalized spacial score (nSPS) is 15.2. The third kappa shape index (κ3) is 6.73. The van der Waals surface area contributed by atoms with Crippen LogP contribution in [0.4, 0.5) is 17.1 Å². The molecule has 1 spiro atoms. The van der Waals surface area contributed by atoms with Gasteiger partial charge >= 0.3 is 0 Å². The standard InChI is InChI=1S/C64H70N4O/c1-59(2,3)38-23-26-43-44-27-24-41(35-53(44)68(52(43)34-38)55-22-17-18-29-65-55)69-42-25-28-47-54(36-42)67-37-66(16)51-21-19-20-48(58(51)67)64(47)56-45(30-39(60(4,5)6)32-49(56)62(10,11)12)46-31-40(61(7,8)9)33-50(57(46)64)63(13,14)15/h17-36H,37H2,1-16H3. The van der Waals surface area contributed by atoms with Crippen LogP contribution in [0.25, 0.3) is 38.8 Å². The number of aromatic nitrogens is 2. The van der Waals surface area contributed by atoms with E-state index in [9.17, 15) is 0 Å². The van der Waals surface area contributed by atoms with E-state index in [1.54, 1.807) is 0 Å². The Morgan fingerprint density at radius 3 is 1.62 bits per heavy atom. The van der Waals surface area contributed by atoms with Gasteiger partial charge in [0.2, 0.25) is 0 Å². The van der Waals surface area contributed by atoms with Gasteiger partial charge in [-0.2, -0.15) is 0 Å². The molecule has 5 nitrogen and oxygen atoms in total. The largest absolute Gasteiger partial charge is 0.457 e. The topological polar surface area (TPSA) is 33.5 Å². The Labute approximate surface area is 411 Å². The lowest BCUT2D eigenvalue weighted by Gasteiger charge is -2.46. The summed E-state index contributed by atoms with van der Waals surface area (Å²) in [4.78, 5) is 9.86. The average Bonchev–Trinajstić information content (AvgIpc) is 3.89. The molecule has 2 aliphatic heterocycles. The minimum atomic E-state index is -0.613.